The Morgan fingerprint density at radius 1 is 0.836 bits per heavy atom. The number of methoxy groups -OCH3 is 1. The van der Waals surface area contributed by atoms with Crippen molar-refractivity contribution in [1.29, 1.82) is 0 Å². The zero-order valence-electron chi connectivity index (χ0n) is 36.4. The third-order valence-electron chi connectivity index (χ3n) is 10.8. The maximum atomic E-state index is 15.5. The highest BCUT2D eigenvalue weighted by Crippen LogP contribution is 2.42. The fraction of sp³-hybridized carbons (Fsp3) is 0.511. The van der Waals surface area contributed by atoms with E-state index in [1.165, 1.54) is 0 Å². The van der Waals surface area contributed by atoms with E-state index in [0.717, 1.165) is 52.8 Å². The number of carbonyl (C=O) groups excluding carboxylic acids is 3. The molecule has 2 atom stereocenters. The molecule has 0 unspecified atom stereocenters. The molecule has 1 saturated carbocycles. The molecule has 2 aliphatic heterocycles. The van der Waals surface area contributed by atoms with Crippen molar-refractivity contribution in [2.24, 2.45) is 0 Å². The summed E-state index contributed by atoms with van der Waals surface area (Å²) in [5, 5.41) is -0.393. The minimum atomic E-state index is -0.838. The van der Waals surface area contributed by atoms with Gasteiger partial charge in [0.25, 0.3) is 5.91 Å². The minimum absolute atomic E-state index is 0.0164. The van der Waals surface area contributed by atoms with Crippen LogP contribution in [0.5, 0.6) is 11.5 Å². The summed E-state index contributed by atoms with van der Waals surface area (Å²) in [4.78, 5) is 48.6. The Morgan fingerprint density at radius 3 is 2.16 bits per heavy atom. The first kappa shape index (κ1) is 45.6. The molecule has 3 aromatic rings. The van der Waals surface area contributed by atoms with Crippen LogP contribution in [0.25, 0.3) is 5.57 Å². The second-order valence-corrected chi connectivity index (χ2v) is 18.3. The maximum Gasteiger partial charge on any atom is 0.411 e. The van der Waals surface area contributed by atoms with E-state index in [1.54, 1.807) is 58.5 Å². The Labute approximate surface area is 362 Å². The molecular weight excluding hydrogens is 808 g/mol. The first-order valence-corrected chi connectivity index (χ1v) is 21.3. The topological polar surface area (TPSA) is 107 Å². The number of hydrogen-bond donors (Lipinski definition) is 0. The average Bonchev–Trinajstić information content (AvgIpc) is 4.03. The fourth-order valence-corrected chi connectivity index (χ4v) is 8.00. The van der Waals surface area contributed by atoms with E-state index in [-0.39, 0.29) is 43.8 Å². The monoisotopic (exact) mass is 865 g/mol. The summed E-state index contributed by atoms with van der Waals surface area (Å²) < 4.78 is 56.7. The van der Waals surface area contributed by atoms with Crippen molar-refractivity contribution in [2.45, 2.75) is 116 Å². The van der Waals surface area contributed by atoms with Crippen LogP contribution in [0.4, 0.5) is 18.4 Å². The zero-order chi connectivity index (χ0) is 44.2. The van der Waals surface area contributed by atoms with Gasteiger partial charge in [-0.15, -0.1) is 0 Å². The third kappa shape index (κ3) is 11.3. The molecule has 61 heavy (non-hydrogen) atoms. The summed E-state index contributed by atoms with van der Waals surface area (Å²) in [6, 6.07) is 14.3. The van der Waals surface area contributed by atoms with Gasteiger partial charge < -0.3 is 33.5 Å². The van der Waals surface area contributed by atoms with Gasteiger partial charge in [0.2, 0.25) is 0 Å². The molecule has 330 valence electrons. The molecule has 3 aromatic carbocycles. The van der Waals surface area contributed by atoms with Crippen molar-refractivity contribution in [1.82, 2.24) is 14.7 Å². The van der Waals surface area contributed by atoms with Crippen molar-refractivity contribution in [3.05, 3.63) is 99.1 Å². The quantitative estimate of drug-likeness (QED) is 0.117. The molecule has 0 aromatic heterocycles. The Balaban J connectivity index is 1.36. The van der Waals surface area contributed by atoms with E-state index in [9.17, 15) is 18.4 Å². The molecule has 3 amide bonds. The van der Waals surface area contributed by atoms with Gasteiger partial charge in [-0.3, -0.25) is 9.69 Å². The predicted octanol–water partition coefficient (Wildman–Crippen LogP) is 9.54. The number of piperazine rings is 1. The molecular formula is C47H58ClF2N3O8. The second-order valence-electron chi connectivity index (χ2n) is 17.9. The number of halogens is 3. The van der Waals surface area contributed by atoms with Gasteiger partial charge in [-0.05, 0) is 127 Å². The summed E-state index contributed by atoms with van der Waals surface area (Å²) in [6.07, 6.45) is 1.96. The molecule has 0 N–H and O–H groups in total. The van der Waals surface area contributed by atoms with Crippen LogP contribution < -0.4 is 9.47 Å². The van der Waals surface area contributed by atoms with Gasteiger partial charge in [-0.1, -0.05) is 48.0 Å². The molecule has 11 nitrogen and oxygen atoms in total. The Bertz CT molecular complexity index is 2110. The van der Waals surface area contributed by atoms with Crippen LogP contribution in [0.15, 0.2) is 60.2 Å². The highest BCUT2D eigenvalue weighted by molar-refractivity contribution is 6.32. The van der Waals surface area contributed by atoms with Gasteiger partial charge in [-0.2, -0.15) is 0 Å². The van der Waals surface area contributed by atoms with Gasteiger partial charge >= 0.3 is 12.2 Å². The molecule has 1 aliphatic carbocycles. The summed E-state index contributed by atoms with van der Waals surface area (Å²) in [5.41, 5.74) is 3.31. The van der Waals surface area contributed by atoms with Crippen molar-refractivity contribution in [2.75, 3.05) is 40.0 Å². The van der Waals surface area contributed by atoms with Crippen molar-refractivity contribution in [3.63, 3.8) is 0 Å². The Hall–Kier alpha value is -4.88. The van der Waals surface area contributed by atoms with Crippen molar-refractivity contribution in [3.8, 4) is 11.5 Å². The molecule has 2 bridgehead atoms. The summed E-state index contributed by atoms with van der Waals surface area (Å²) in [5.74, 6) is -1.30. The smallest absolute Gasteiger partial charge is 0.411 e. The van der Waals surface area contributed by atoms with E-state index >= 15 is 4.79 Å². The highest BCUT2D eigenvalue weighted by Gasteiger charge is 2.51. The third-order valence-corrected chi connectivity index (χ3v) is 11.2. The maximum absolute atomic E-state index is 15.5. The van der Waals surface area contributed by atoms with Gasteiger partial charge in [-0.25, -0.2) is 18.4 Å². The van der Waals surface area contributed by atoms with E-state index in [2.05, 4.69) is 0 Å². The van der Waals surface area contributed by atoms with E-state index in [0.29, 0.717) is 43.9 Å². The molecule has 0 spiro atoms. The van der Waals surface area contributed by atoms with Crippen LogP contribution in [0.3, 0.4) is 0 Å². The van der Waals surface area contributed by atoms with Crippen LogP contribution >= 0.6 is 11.6 Å². The lowest BCUT2D eigenvalue weighted by atomic mass is 9.81. The molecule has 2 heterocycles. The first-order chi connectivity index (χ1) is 28.8. The number of carbonyl (C=O) groups is 3. The lowest BCUT2D eigenvalue weighted by Crippen LogP contribution is -2.66. The van der Waals surface area contributed by atoms with Gasteiger partial charge in [0.15, 0.2) is 11.6 Å². The van der Waals surface area contributed by atoms with Crippen LogP contribution in [-0.4, -0.2) is 102 Å². The molecule has 0 radical (unpaired) electrons. The van der Waals surface area contributed by atoms with E-state index in [4.69, 9.17) is 35.3 Å². The lowest BCUT2D eigenvalue weighted by molar-refractivity contribution is -0.129. The number of aryl methyl sites for hydroxylation is 1. The number of nitrogens with zero attached hydrogens (tertiary/aromatic N) is 3. The molecule has 1 saturated heterocycles. The standard InChI is InChI=1S/C47H58ClF2N3O8/c1-29-32(12-9-13-39(29)58-24-23-57-8)26-52(33-18-19-33)43(54)40-35(31-16-14-30(15-17-31)11-10-22-59-42-37(50)21-20-36(49)41(42)48)25-34-27-51(44(55)60-46(2,3)4)28-38(40)53(34)45(56)61-47(5,6)7/h9,12-17,20-21,33-34,38H,10-11,18-19,22-28H2,1-8H3/t34-,38-/m1/s1. The van der Waals surface area contributed by atoms with Crippen LogP contribution in [-0.2, 0) is 32.0 Å². The first-order valence-electron chi connectivity index (χ1n) is 20.9. The van der Waals surface area contributed by atoms with Gasteiger partial charge in [0.05, 0.1) is 25.3 Å². The normalized spacial score (nSPS) is 17.9. The SMILES string of the molecule is COCCOc1cccc(CN(C(=O)C2=C(c3ccc(CCCOc4c(F)ccc(F)c4Cl)cc3)C[C@@H]3CN(C(=O)OC(C)(C)C)C[C@H]2N3C(=O)OC(C)(C)C)C2CC2)c1C. The van der Waals surface area contributed by atoms with Crippen LogP contribution in [0.2, 0.25) is 5.02 Å². The van der Waals surface area contributed by atoms with Gasteiger partial charge in [0.1, 0.15) is 34.4 Å². The molecule has 2 fully saturated rings. The van der Waals surface area contributed by atoms with Gasteiger partial charge in [0, 0.05) is 38.4 Å². The lowest BCUT2D eigenvalue weighted by Gasteiger charge is -2.51. The molecule has 14 heteroatoms. The van der Waals surface area contributed by atoms with E-state index in [1.807, 2.05) is 54.3 Å². The summed E-state index contributed by atoms with van der Waals surface area (Å²) in [7, 11) is 1.62. The number of ether oxygens (including phenoxy) is 5. The van der Waals surface area contributed by atoms with E-state index < -0.39 is 52.1 Å². The average molecular weight is 866 g/mol. The number of hydrogen-bond acceptors (Lipinski definition) is 8. The van der Waals surface area contributed by atoms with Crippen molar-refractivity contribution >= 4 is 35.3 Å². The Kier molecular flexibility index (Phi) is 14.2. The Morgan fingerprint density at radius 2 is 1.51 bits per heavy atom. The number of fused-ring (bicyclic) bond motifs is 2. The van der Waals surface area contributed by atoms with Crippen LogP contribution in [0, 0.1) is 18.6 Å². The highest BCUT2D eigenvalue weighted by atomic mass is 35.5. The summed E-state index contributed by atoms with van der Waals surface area (Å²) in [6.45, 7) is 14.3. The number of rotatable bonds is 14. The van der Waals surface area contributed by atoms with Crippen molar-refractivity contribution < 1.29 is 46.8 Å². The summed E-state index contributed by atoms with van der Waals surface area (Å²) >= 11 is 5.94. The molecule has 6 rings (SSSR count). The fourth-order valence-electron chi connectivity index (χ4n) is 7.80. The second kappa shape index (κ2) is 19.0. The zero-order valence-corrected chi connectivity index (χ0v) is 37.2. The minimum Gasteiger partial charge on any atom is -0.491 e. The number of amides is 3. The molecule has 3 aliphatic rings. The predicted molar refractivity (Wildman–Crippen MR) is 229 cm³/mol. The largest absolute Gasteiger partial charge is 0.491 e. The van der Waals surface area contributed by atoms with Crippen LogP contribution in [0.1, 0.15) is 89.5 Å². The number of benzene rings is 3.